The van der Waals surface area contributed by atoms with E-state index in [1.807, 2.05) is 33.3 Å². The second kappa shape index (κ2) is 8.14. The molecule has 2 aromatic heterocycles. The molecule has 1 saturated heterocycles. The van der Waals surface area contributed by atoms with Gasteiger partial charge in [-0.15, -0.1) is 5.10 Å². The van der Waals surface area contributed by atoms with Crippen LogP contribution in [0.4, 0.5) is 0 Å². The number of rotatable bonds is 6. The van der Waals surface area contributed by atoms with E-state index >= 15 is 0 Å². The third-order valence-electron chi connectivity index (χ3n) is 5.77. The largest absolute Gasteiger partial charge is 0.385 e. The van der Waals surface area contributed by atoms with Gasteiger partial charge >= 0.3 is 0 Å². The van der Waals surface area contributed by atoms with Gasteiger partial charge in [-0.05, 0) is 49.5 Å². The number of aryl methyl sites for hydroxylation is 1. The van der Waals surface area contributed by atoms with Crippen LogP contribution in [-0.4, -0.2) is 45.6 Å². The summed E-state index contributed by atoms with van der Waals surface area (Å²) in [5, 5.41) is 5.46. The predicted octanol–water partition coefficient (Wildman–Crippen LogP) is 1.49. The van der Waals surface area contributed by atoms with Gasteiger partial charge in [0.15, 0.2) is 6.67 Å². The summed E-state index contributed by atoms with van der Waals surface area (Å²) in [5.41, 5.74) is 0.800. The number of ether oxygens (including phenoxy) is 1. The van der Waals surface area contributed by atoms with Crippen molar-refractivity contribution < 1.29 is 9.64 Å². The topological polar surface area (TPSA) is 57.9 Å². The van der Waals surface area contributed by atoms with Crippen LogP contribution in [0.5, 0.6) is 0 Å². The Kier molecular flexibility index (Phi) is 5.61. The molecular formula is C20H28N5O2S+. The molecule has 3 heterocycles. The number of hydrogen-bond donors (Lipinski definition) is 1. The first kappa shape index (κ1) is 19.3. The number of hydrogen-bond acceptors (Lipinski definition) is 4. The third kappa shape index (κ3) is 3.52. The van der Waals surface area contributed by atoms with Crippen molar-refractivity contribution >= 4 is 28.9 Å². The zero-order valence-corrected chi connectivity index (χ0v) is 17.4. The van der Waals surface area contributed by atoms with E-state index in [2.05, 4.69) is 6.92 Å². The fourth-order valence-corrected chi connectivity index (χ4v) is 4.36. The minimum atomic E-state index is -0.0227. The predicted molar refractivity (Wildman–Crippen MR) is 111 cm³/mol. The van der Waals surface area contributed by atoms with E-state index in [4.69, 9.17) is 22.1 Å². The van der Waals surface area contributed by atoms with Crippen LogP contribution >= 0.6 is 12.2 Å². The quantitative estimate of drug-likeness (QED) is 0.501. The molecule has 0 atom stereocenters. The van der Waals surface area contributed by atoms with Crippen molar-refractivity contribution in [3.63, 3.8) is 0 Å². The summed E-state index contributed by atoms with van der Waals surface area (Å²) in [6.45, 7) is 6.49. The molecule has 150 valence electrons. The maximum atomic E-state index is 13.1. The number of nitrogens with one attached hydrogen (secondary N) is 1. The number of para-hydroxylation sites is 1. The van der Waals surface area contributed by atoms with Crippen LogP contribution in [0, 0.1) is 10.7 Å². The molecule has 4 rings (SSSR count). The van der Waals surface area contributed by atoms with Gasteiger partial charge in [0.2, 0.25) is 10.5 Å². The number of nitrogens with zero attached hydrogens (tertiary/aromatic N) is 4. The van der Waals surface area contributed by atoms with E-state index in [1.54, 1.807) is 11.7 Å². The number of methoxy groups -OCH3 is 1. The highest BCUT2D eigenvalue weighted by molar-refractivity contribution is 7.71. The van der Waals surface area contributed by atoms with Gasteiger partial charge in [0.25, 0.3) is 5.56 Å². The summed E-state index contributed by atoms with van der Waals surface area (Å²) in [7, 11) is 1.67. The molecule has 8 heteroatoms. The molecule has 0 saturated carbocycles. The number of piperidine rings is 1. The van der Waals surface area contributed by atoms with Crippen molar-refractivity contribution in [2.75, 3.05) is 26.8 Å². The highest BCUT2D eigenvalue weighted by Crippen LogP contribution is 2.14. The molecule has 3 aromatic rings. The fourth-order valence-electron chi connectivity index (χ4n) is 4.08. The van der Waals surface area contributed by atoms with Crippen LogP contribution in [0.25, 0.3) is 16.7 Å². The Morgan fingerprint density at radius 1 is 1.29 bits per heavy atom. The summed E-state index contributed by atoms with van der Waals surface area (Å²) in [5.74, 6) is 1.42. The number of likely N-dealkylation sites (tertiary alicyclic amines) is 1. The first-order chi connectivity index (χ1) is 13.6. The van der Waals surface area contributed by atoms with Crippen LogP contribution in [0.15, 0.2) is 29.1 Å². The molecule has 1 aliphatic rings. The molecule has 0 aliphatic carbocycles. The van der Waals surface area contributed by atoms with E-state index in [9.17, 15) is 4.79 Å². The lowest BCUT2D eigenvalue weighted by atomic mass is 10.00. The molecule has 1 aliphatic heterocycles. The normalized spacial score (nSPS) is 20.2. The lowest BCUT2D eigenvalue weighted by molar-refractivity contribution is -0.929. The second-order valence-corrected chi connectivity index (χ2v) is 8.19. The molecule has 0 amide bonds. The minimum Gasteiger partial charge on any atom is -0.385 e. The van der Waals surface area contributed by atoms with Gasteiger partial charge < -0.3 is 9.64 Å². The molecule has 1 N–H and O–H groups in total. The van der Waals surface area contributed by atoms with Crippen molar-refractivity contribution in [1.29, 1.82) is 0 Å². The smallest absolute Gasteiger partial charge is 0.262 e. The molecule has 28 heavy (non-hydrogen) atoms. The van der Waals surface area contributed by atoms with Crippen molar-refractivity contribution in [1.82, 2.24) is 18.7 Å². The van der Waals surface area contributed by atoms with Gasteiger partial charge in [-0.2, -0.15) is 4.68 Å². The van der Waals surface area contributed by atoms with Crippen LogP contribution in [0.2, 0.25) is 0 Å². The standard InChI is InChI=1S/C20H27N5O2S/c1-15-8-11-22(12-9-15)14-24-20(28)25-17-7-4-3-6-16(17)18(26)23(19(25)21-24)10-5-13-27-2/h3-4,6-7,15H,5,8-14H2,1-2H3/p+1. The van der Waals surface area contributed by atoms with Crippen molar-refractivity contribution in [3.8, 4) is 0 Å². The molecule has 1 fully saturated rings. The van der Waals surface area contributed by atoms with Gasteiger partial charge in [0.1, 0.15) is 0 Å². The first-order valence-corrected chi connectivity index (χ1v) is 10.4. The van der Waals surface area contributed by atoms with Crippen LogP contribution < -0.4 is 10.5 Å². The van der Waals surface area contributed by atoms with Gasteiger partial charge in [-0.3, -0.25) is 13.8 Å². The lowest BCUT2D eigenvalue weighted by Crippen LogP contribution is -3.12. The minimum absolute atomic E-state index is 0.0227. The number of benzene rings is 1. The SMILES string of the molecule is COCCCn1c(=O)c2ccccc2n2c(=S)n(C[NH+]3CCC(C)CC3)nc12. The zero-order valence-electron chi connectivity index (χ0n) is 16.6. The van der Waals surface area contributed by atoms with Gasteiger partial charge in [-0.1, -0.05) is 19.1 Å². The van der Waals surface area contributed by atoms with Crippen LogP contribution in [-0.2, 0) is 18.0 Å². The lowest BCUT2D eigenvalue weighted by Gasteiger charge is -2.26. The van der Waals surface area contributed by atoms with E-state index in [0.717, 1.165) is 37.6 Å². The van der Waals surface area contributed by atoms with Crippen molar-refractivity contribution in [2.45, 2.75) is 39.4 Å². The van der Waals surface area contributed by atoms with E-state index in [1.165, 1.54) is 17.7 Å². The maximum Gasteiger partial charge on any atom is 0.262 e. The van der Waals surface area contributed by atoms with E-state index < -0.39 is 0 Å². The molecule has 7 nitrogen and oxygen atoms in total. The average molecular weight is 403 g/mol. The fraction of sp³-hybridized carbons (Fsp3) is 0.550. The van der Waals surface area contributed by atoms with Crippen LogP contribution in [0.1, 0.15) is 26.2 Å². The van der Waals surface area contributed by atoms with Gasteiger partial charge in [-0.25, -0.2) is 0 Å². The molecule has 0 unspecified atom stereocenters. The Labute approximate surface area is 169 Å². The van der Waals surface area contributed by atoms with Crippen molar-refractivity contribution in [2.24, 2.45) is 5.92 Å². The van der Waals surface area contributed by atoms with Gasteiger partial charge in [0.05, 0.1) is 24.0 Å². The summed E-state index contributed by atoms with van der Waals surface area (Å²) in [6.07, 6.45) is 3.22. The Morgan fingerprint density at radius 2 is 2.04 bits per heavy atom. The Bertz CT molecular complexity index is 1090. The molecule has 0 bridgehead atoms. The van der Waals surface area contributed by atoms with E-state index in [0.29, 0.717) is 29.1 Å². The number of quaternary nitrogens is 1. The number of aromatic nitrogens is 4. The molecular weight excluding hydrogens is 374 g/mol. The first-order valence-electron chi connectivity index (χ1n) is 10.0. The highest BCUT2D eigenvalue weighted by Gasteiger charge is 2.21. The average Bonchev–Trinajstić information content (AvgIpc) is 3.02. The summed E-state index contributed by atoms with van der Waals surface area (Å²) in [4.78, 5) is 14.6. The molecule has 0 spiro atoms. The van der Waals surface area contributed by atoms with Gasteiger partial charge in [0, 0.05) is 20.3 Å². The maximum absolute atomic E-state index is 13.1. The monoisotopic (exact) mass is 402 g/mol. The molecule has 1 aromatic carbocycles. The van der Waals surface area contributed by atoms with E-state index in [-0.39, 0.29) is 5.56 Å². The summed E-state index contributed by atoms with van der Waals surface area (Å²) >= 11 is 5.79. The third-order valence-corrected chi connectivity index (χ3v) is 6.16. The Balaban J connectivity index is 1.82. The summed E-state index contributed by atoms with van der Waals surface area (Å²) in [6, 6.07) is 7.63. The molecule has 0 radical (unpaired) electrons. The van der Waals surface area contributed by atoms with Crippen LogP contribution in [0.3, 0.4) is 0 Å². The summed E-state index contributed by atoms with van der Waals surface area (Å²) < 4.78 is 11.4. The zero-order chi connectivity index (χ0) is 19.7. The number of fused-ring (bicyclic) bond motifs is 3. The highest BCUT2D eigenvalue weighted by atomic mass is 32.1. The second-order valence-electron chi connectivity index (χ2n) is 7.83. The Morgan fingerprint density at radius 3 is 2.79 bits per heavy atom. The Hall–Kier alpha value is -2.03. The van der Waals surface area contributed by atoms with Crippen molar-refractivity contribution in [3.05, 3.63) is 39.4 Å².